The summed E-state index contributed by atoms with van der Waals surface area (Å²) in [5.74, 6) is -0.229. The molecule has 0 bridgehead atoms. The molecule has 3 aromatic carbocycles. The molecule has 0 aliphatic carbocycles. The molecule has 0 unspecified atom stereocenters. The molecule has 1 N–H and O–H groups in total. The van der Waals surface area contributed by atoms with E-state index in [1.165, 1.54) is 4.90 Å². The van der Waals surface area contributed by atoms with Crippen molar-refractivity contribution in [3.05, 3.63) is 99.7 Å². The van der Waals surface area contributed by atoms with Gasteiger partial charge in [0.25, 0.3) is 5.91 Å². The Morgan fingerprint density at radius 2 is 1.50 bits per heavy atom. The number of urea groups is 1. The summed E-state index contributed by atoms with van der Waals surface area (Å²) in [6.45, 7) is 0. The fraction of sp³-hybridized carbons (Fsp3) is 0.120. The Bertz CT molecular complexity index is 1380. The maximum Gasteiger partial charge on any atom is 0.332 e. The summed E-state index contributed by atoms with van der Waals surface area (Å²) >= 11 is 12.1. The van der Waals surface area contributed by atoms with E-state index in [9.17, 15) is 9.59 Å². The van der Waals surface area contributed by atoms with Crippen LogP contribution in [0.3, 0.4) is 0 Å². The summed E-state index contributed by atoms with van der Waals surface area (Å²) in [6, 6.07) is 20.9. The van der Waals surface area contributed by atoms with E-state index < -0.39 is 12.1 Å². The lowest BCUT2D eigenvalue weighted by atomic mass is 9.89. The van der Waals surface area contributed by atoms with Crippen molar-refractivity contribution in [3.63, 3.8) is 0 Å². The Labute approximate surface area is 194 Å². The van der Waals surface area contributed by atoms with E-state index in [4.69, 9.17) is 23.2 Å². The van der Waals surface area contributed by atoms with Gasteiger partial charge in [0, 0.05) is 33.1 Å². The molecule has 4 aromatic rings. The Balaban J connectivity index is 1.54. The van der Waals surface area contributed by atoms with Gasteiger partial charge in [-0.1, -0.05) is 53.5 Å². The second-order valence-corrected chi connectivity index (χ2v) is 8.95. The highest BCUT2D eigenvalue weighted by atomic mass is 35.5. The predicted octanol–water partition coefficient (Wildman–Crippen LogP) is 5.96. The zero-order chi connectivity index (χ0) is 22.0. The van der Waals surface area contributed by atoms with Crippen molar-refractivity contribution in [1.82, 2.24) is 9.88 Å². The second kappa shape index (κ2) is 7.12. The molecule has 1 saturated heterocycles. The van der Waals surface area contributed by atoms with Crippen molar-refractivity contribution in [3.8, 4) is 0 Å². The number of rotatable bonds is 2. The average molecular weight is 462 g/mol. The van der Waals surface area contributed by atoms with Gasteiger partial charge in [0.1, 0.15) is 12.1 Å². The van der Waals surface area contributed by atoms with Crippen LogP contribution in [-0.4, -0.2) is 27.9 Å². The van der Waals surface area contributed by atoms with Crippen LogP contribution in [0.25, 0.3) is 10.9 Å². The fourth-order valence-electron chi connectivity index (χ4n) is 4.89. The Hall–Kier alpha value is -3.28. The smallest absolute Gasteiger partial charge is 0.332 e. The van der Waals surface area contributed by atoms with Crippen molar-refractivity contribution >= 4 is 51.7 Å². The topological polar surface area (TPSA) is 56.4 Å². The van der Waals surface area contributed by atoms with Gasteiger partial charge in [0.05, 0.1) is 5.69 Å². The van der Waals surface area contributed by atoms with Gasteiger partial charge in [-0.05, 0) is 53.6 Å². The minimum atomic E-state index is -0.592. The molecule has 7 heteroatoms. The molecule has 5 nitrogen and oxygen atoms in total. The number of halogens is 2. The number of nitrogens with one attached hydrogen (secondary N) is 1. The first-order valence-corrected chi connectivity index (χ1v) is 11.1. The van der Waals surface area contributed by atoms with Crippen molar-refractivity contribution < 1.29 is 9.59 Å². The third-order valence-corrected chi connectivity index (χ3v) is 6.82. The van der Waals surface area contributed by atoms with E-state index in [0.29, 0.717) is 22.2 Å². The molecule has 2 aliphatic rings. The van der Waals surface area contributed by atoms with E-state index in [-0.39, 0.29) is 11.9 Å². The predicted molar refractivity (Wildman–Crippen MR) is 125 cm³/mol. The van der Waals surface area contributed by atoms with Gasteiger partial charge >= 0.3 is 6.03 Å². The number of benzene rings is 3. The van der Waals surface area contributed by atoms with Crippen molar-refractivity contribution in [2.75, 3.05) is 4.90 Å². The molecule has 0 radical (unpaired) electrons. The molecule has 1 fully saturated rings. The molecule has 3 amide bonds. The van der Waals surface area contributed by atoms with Crippen LogP contribution in [0.5, 0.6) is 0 Å². The maximum absolute atomic E-state index is 13.7. The largest absolute Gasteiger partial charge is 0.356 e. The first-order valence-electron chi connectivity index (χ1n) is 10.3. The van der Waals surface area contributed by atoms with Gasteiger partial charge in [-0.2, -0.15) is 0 Å². The standard InChI is InChI=1S/C25H17Cl2N3O2/c26-15-7-5-14(6-8-15)23-22-19(18-3-1-2-4-20(18)28-22)13-21-24(31)29(25(32)30(21)23)17-11-9-16(27)10-12-17/h1-12,21,23,28H,13H2/t21-,23-/m1/s1. The summed E-state index contributed by atoms with van der Waals surface area (Å²) < 4.78 is 0. The number of H-pyrrole nitrogens is 1. The molecule has 32 heavy (non-hydrogen) atoms. The lowest BCUT2D eigenvalue weighted by Gasteiger charge is -2.36. The quantitative estimate of drug-likeness (QED) is 0.374. The number of carbonyl (C=O) groups is 2. The minimum Gasteiger partial charge on any atom is -0.356 e. The molecule has 0 spiro atoms. The summed E-state index contributed by atoms with van der Waals surface area (Å²) in [6.07, 6.45) is 0.456. The third-order valence-electron chi connectivity index (χ3n) is 6.32. The number of imide groups is 1. The first kappa shape index (κ1) is 19.4. The van der Waals surface area contributed by atoms with Gasteiger partial charge in [0.15, 0.2) is 0 Å². The van der Waals surface area contributed by atoms with Crippen LogP contribution in [0.4, 0.5) is 10.5 Å². The summed E-state index contributed by atoms with van der Waals surface area (Å²) in [7, 11) is 0. The van der Waals surface area contributed by atoms with Crippen molar-refractivity contribution in [2.45, 2.75) is 18.5 Å². The maximum atomic E-state index is 13.7. The van der Waals surface area contributed by atoms with E-state index in [2.05, 4.69) is 11.1 Å². The van der Waals surface area contributed by atoms with Gasteiger partial charge in [-0.15, -0.1) is 0 Å². The SMILES string of the molecule is O=C1[C@H]2Cc3c([nH]c4ccccc34)[C@@H](c3ccc(Cl)cc3)N2C(=O)N1c1ccc(Cl)cc1. The number of aromatic nitrogens is 1. The second-order valence-electron chi connectivity index (χ2n) is 8.08. The minimum absolute atomic E-state index is 0.229. The van der Waals surface area contributed by atoms with Crippen LogP contribution in [0.2, 0.25) is 10.0 Å². The van der Waals surface area contributed by atoms with Gasteiger partial charge in [0.2, 0.25) is 0 Å². The van der Waals surface area contributed by atoms with Gasteiger partial charge in [-0.25, -0.2) is 9.69 Å². The summed E-state index contributed by atoms with van der Waals surface area (Å²) in [5, 5.41) is 2.24. The highest BCUT2D eigenvalue weighted by Crippen LogP contribution is 2.45. The number of aromatic amines is 1. The molecule has 6 rings (SSSR count). The Morgan fingerprint density at radius 1 is 0.844 bits per heavy atom. The Morgan fingerprint density at radius 3 is 2.22 bits per heavy atom. The number of carbonyl (C=O) groups excluding carboxylic acids is 2. The number of hydrogen-bond donors (Lipinski definition) is 1. The fourth-order valence-corrected chi connectivity index (χ4v) is 5.15. The van der Waals surface area contributed by atoms with Crippen LogP contribution in [0, 0.1) is 0 Å². The summed E-state index contributed by atoms with van der Waals surface area (Å²) in [5.41, 5.74) is 4.41. The third kappa shape index (κ3) is 2.78. The molecule has 2 atom stereocenters. The molecule has 1 aromatic heterocycles. The molecular weight excluding hydrogens is 445 g/mol. The van der Waals surface area contributed by atoms with Crippen molar-refractivity contribution in [1.29, 1.82) is 0 Å². The van der Waals surface area contributed by atoms with Crippen LogP contribution >= 0.6 is 23.2 Å². The number of para-hydroxylation sites is 1. The van der Waals surface area contributed by atoms with Crippen molar-refractivity contribution in [2.24, 2.45) is 0 Å². The molecule has 3 heterocycles. The van der Waals surface area contributed by atoms with Gasteiger partial charge in [-0.3, -0.25) is 9.69 Å². The normalized spacial score (nSPS) is 20.1. The van der Waals surface area contributed by atoms with Crippen LogP contribution in [-0.2, 0) is 11.2 Å². The van der Waals surface area contributed by atoms with E-state index in [1.54, 1.807) is 29.2 Å². The first-order chi connectivity index (χ1) is 15.5. The van der Waals surface area contributed by atoms with Crippen LogP contribution < -0.4 is 4.90 Å². The monoisotopic (exact) mass is 461 g/mol. The lowest BCUT2D eigenvalue weighted by molar-refractivity contribution is -0.120. The molecular formula is C25H17Cl2N3O2. The average Bonchev–Trinajstić information content (AvgIpc) is 3.29. The number of nitrogens with zero attached hydrogens (tertiary/aromatic N) is 2. The van der Waals surface area contributed by atoms with E-state index in [0.717, 1.165) is 27.7 Å². The molecule has 0 saturated carbocycles. The van der Waals surface area contributed by atoms with Crippen LogP contribution in [0.1, 0.15) is 22.9 Å². The lowest BCUT2D eigenvalue weighted by Crippen LogP contribution is -2.44. The number of hydrogen-bond acceptors (Lipinski definition) is 2. The number of fused-ring (bicyclic) bond motifs is 4. The van der Waals surface area contributed by atoms with Gasteiger partial charge < -0.3 is 4.98 Å². The van der Waals surface area contributed by atoms with E-state index >= 15 is 0 Å². The number of anilines is 1. The zero-order valence-electron chi connectivity index (χ0n) is 16.8. The molecule has 2 aliphatic heterocycles. The highest BCUT2D eigenvalue weighted by molar-refractivity contribution is 6.31. The summed E-state index contributed by atoms with van der Waals surface area (Å²) in [4.78, 5) is 33.7. The number of amides is 3. The Kier molecular flexibility index (Phi) is 4.32. The zero-order valence-corrected chi connectivity index (χ0v) is 18.3. The van der Waals surface area contributed by atoms with Crippen LogP contribution in [0.15, 0.2) is 72.8 Å². The molecule has 158 valence electrons. The highest BCUT2D eigenvalue weighted by Gasteiger charge is 2.53. The van der Waals surface area contributed by atoms with E-state index in [1.807, 2.05) is 42.5 Å².